The average Bonchev–Trinajstić information content (AvgIpc) is 2.65. The quantitative estimate of drug-likeness (QED) is 0.106. The van der Waals surface area contributed by atoms with Crippen molar-refractivity contribution >= 4 is 30.4 Å². The van der Waals surface area contributed by atoms with Crippen LogP contribution in [0.15, 0.2) is 0 Å². The molecule has 0 saturated heterocycles. The van der Waals surface area contributed by atoms with Crippen molar-refractivity contribution in [3.05, 3.63) is 0 Å². The molecule has 42 heavy (non-hydrogen) atoms. The van der Waals surface area contributed by atoms with Gasteiger partial charge in [0.15, 0.2) is 10.8 Å². The highest BCUT2D eigenvalue weighted by molar-refractivity contribution is 7.80. The van der Waals surface area contributed by atoms with Gasteiger partial charge in [0, 0.05) is 0 Å². The zero-order chi connectivity index (χ0) is 33.4. The van der Waals surface area contributed by atoms with E-state index >= 15 is 18.3 Å². The minimum Gasteiger partial charge on any atom is -0.305 e. The molecule has 0 radical (unpaired) electrons. The standard InChI is InChI=1S/C26H58O12P4/c1-17(2)31-39(27,32-18(3)4)25(40(28,33-19(5)6)34-20(7)8)26(41(29,35-21(9)10)36-22(11)12)42(30,37-23(13)14)38-24(15)16/h17-26H,1-16H3. The van der Waals surface area contributed by atoms with Crippen molar-refractivity contribution in [3.63, 3.8) is 0 Å². The molecule has 16 heteroatoms. The van der Waals surface area contributed by atoms with Crippen LogP contribution >= 0.6 is 30.4 Å². The van der Waals surface area contributed by atoms with Crippen LogP contribution in [0.1, 0.15) is 111 Å². The molecule has 0 heterocycles. The van der Waals surface area contributed by atoms with Crippen LogP contribution in [0.3, 0.4) is 0 Å². The highest BCUT2D eigenvalue weighted by Crippen LogP contribution is 2.85. The molecule has 12 nitrogen and oxygen atoms in total. The second-order valence-corrected chi connectivity index (χ2v) is 21.3. The Morgan fingerprint density at radius 1 is 0.262 bits per heavy atom. The van der Waals surface area contributed by atoms with Gasteiger partial charge in [0.2, 0.25) is 0 Å². The van der Waals surface area contributed by atoms with Crippen molar-refractivity contribution < 1.29 is 54.5 Å². The topological polar surface area (TPSA) is 142 Å². The molecule has 0 N–H and O–H groups in total. The molecule has 0 aromatic carbocycles. The minimum absolute atomic E-state index is 0.753. The van der Waals surface area contributed by atoms with E-state index in [0.717, 1.165) is 0 Å². The van der Waals surface area contributed by atoms with Crippen molar-refractivity contribution in [1.29, 1.82) is 0 Å². The lowest BCUT2D eigenvalue weighted by Crippen LogP contribution is -2.36. The van der Waals surface area contributed by atoms with Crippen LogP contribution < -0.4 is 0 Å². The largest absolute Gasteiger partial charge is 0.347 e. The van der Waals surface area contributed by atoms with Gasteiger partial charge in [-0.3, -0.25) is 18.3 Å². The molecule has 0 saturated carbocycles. The van der Waals surface area contributed by atoms with Gasteiger partial charge < -0.3 is 36.2 Å². The van der Waals surface area contributed by atoms with Crippen LogP contribution in [0.4, 0.5) is 0 Å². The molecule has 0 rings (SSSR count). The summed E-state index contributed by atoms with van der Waals surface area (Å²) in [5, 5.41) is -4.24. The summed E-state index contributed by atoms with van der Waals surface area (Å²) < 4.78 is 108. The van der Waals surface area contributed by atoms with Crippen molar-refractivity contribution in [2.24, 2.45) is 0 Å². The maximum atomic E-state index is 15.2. The molecule has 0 fully saturated rings. The van der Waals surface area contributed by atoms with E-state index in [0.29, 0.717) is 0 Å². The van der Waals surface area contributed by atoms with Gasteiger partial charge in [0.05, 0.1) is 48.8 Å². The van der Waals surface area contributed by atoms with E-state index in [1.807, 2.05) is 0 Å². The monoisotopic (exact) mass is 686 g/mol. The summed E-state index contributed by atoms with van der Waals surface area (Å²) in [6, 6.07) is 0. The molecule has 0 bridgehead atoms. The first kappa shape index (κ1) is 42.6. The third kappa shape index (κ3) is 13.5. The second kappa shape index (κ2) is 17.5. The lowest BCUT2D eigenvalue weighted by Gasteiger charge is -2.43. The van der Waals surface area contributed by atoms with Gasteiger partial charge in [-0.25, -0.2) is 0 Å². The molecule has 0 aliphatic carbocycles. The predicted molar refractivity (Wildman–Crippen MR) is 168 cm³/mol. The molecular formula is C26H58O12P4. The van der Waals surface area contributed by atoms with Gasteiger partial charge in [-0.1, -0.05) is 0 Å². The van der Waals surface area contributed by atoms with Crippen molar-refractivity contribution in [3.8, 4) is 0 Å². The Morgan fingerprint density at radius 2 is 0.357 bits per heavy atom. The van der Waals surface area contributed by atoms with E-state index in [1.165, 1.54) is 0 Å². The summed E-state index contributed by atoms with van der Waals surface area (Å²) in [6.45, 7) is 25.6. The van der Waals surface area contributed by atoms with Crippen molar-refractivity contribution in [2.75, 3.05) is 0 Å². The fourth-order valence-electron chi connectivity index (χ4n) is 3.95. The fourth-order valence-corrected chi connectivity index (χ4v) is 19.1. The van der Waals surface area contributed by atoms with Crippen LogP contribution in [-0.2, 0) is 54.5 Å². The zero-order valence-electron chi connectivity index (χ0n) is 28.5. The minimum atomic E-state index is -4.78. The molecule has 0 aliphatic heterocycles. The third-order valence-electron chi connectivity index (χ3n) is 4.42. The third-order valence-corrected chi connectivity index (χ3v) is 18.3. The SMILES string of the molecule is CC(C)OP(=O)(OC(C)C)C(C(P(=O)(OC(C)C)OC(C)C)P(=O)(OC(C)C)OC(C)C)P(=O)(OC(C)C)OC(C)C. The van der Waals surface area contributed by atoms with E-state index < -0.39 is 90.0 Å². The maximum absolute atomic E-state index is 15.2. The van der Waals surface area contributed by atoms with Crippen LogP contribution in [0.5, 0.6) is 0 Å². The van der Waals surface area contributed by atoms with E-state index in [-0.39, 0.29) is 0 Å². The first-order chi connectivity index (χ1) is 18.8. The number of hydrogen-bond acceptors (Lipinski definition) is 12. The molecule has 0 aromatic rings. The number of rotatable bonds is 21. The molecule has 0 aromatic heterocycles. The zero-order valence-corrected chi connectivity index (χ0v) is 32.0. The molecular weight excluding hydrogens is 628 g/mol. The Kier molecular flexibility index (Phi) is 17.7. The first-order valence-electron chi connectivity index (χ1n) is 14.7. The lowest BCUT2D eigenvalue weighted by molar-refractivity contribution is 0.105. The van der Waals surface area contributed by atoms with Gasteiger partial charge in [-0.05, 0) is 111 Å². The van der Waals surface area contributed by atoms with Gasteiger partial charge in [-0.2, -0.15) is 0 Å². The van der Waals surface area contributed by atoms with E-state index in [4.69, 9.17) is 36.2 Å². The van der Waals surface area contributed by atoms with Gasteiger partial charge in [0.1, 0.15) is 0 Å². The Morgan fingerprint density at radius 3 is 0.429 bits per heavy atom. The Hall–Kier alpha value is 0.600. The highest BCUT2D eigenvalue weighted by atomic mass is 31.3. The summed E-state index contributed by atoms with van der Waals surface area (Å²) >= 11 is 0. The van der Waals surface area contributed by atoms with E-state index in [1.54, 1.807) is 111 Å². The molecule has 0 spiro atoms. The van der Waals surface area contributed by atoms with Crippen molar-refractivity contribution in [1.82, 2.24) is 0 Å². The van der Waals surface area contributed by atoms with Gasteiger partial charge >= 0.3 is 30.4 Å². The molecule has 0 unspecified atom stereocenters. The Bertz CT molecular complexity index is 784. The summed E-state index contributed by atoms with van der Waals surface area (Å²) in [5.41, 5.74) is 0. The van der Waals surface area contributed by atoms with Gasteiger partial charge in [0.25, 0.3) is 0 Å². The van der Waals surface area contributed by atoms with E-state index in [2.05, 4.69) is 0 Å². The highest BCUT2D eigenvalue weighted by Gasteiger charge is 2.69. The molecule has 0 atom stereocenters. The van der Waals surface area contributed by atoms with Gasteiger partial charge in [-0.15, -0.1) is 0 Å². The van der Waals surface area contributed by atoms with Crippen LogP contribution in [0.25, 0.3) is 0 Å². The van der Waals surface area contributed by atoms with Crippen LogP contribution in [0.2, 0.25) is 0 Å². The summed E-state index contributed by atoms with van der Waals surface area (Å²) in [7, 11) is -19.1. The summed E-state index contributed by atoms with van der Waals surface area (Å²) in [4.78, 5) is 0. The second-order valence-electron chi connectivity index (χ2n) is 12.2. The first-order valence-corrected chi connectivity index (χ1v) is 21.1. The maximum Gasteiger partial charge on any atom is 0.347 e. The Labute approximate surface area is 255 Å². The smallest absolute Gasteiger partial charge is 0.305 e. The lowest BCUT2D eigenvalue weighted by atomic mass is 10.5. The fraction of sp³-hybridized carbons (Fsp3) is 1.00. The van der Waals surface area contributed by atoms with Crippen LogP contribution in [-0.4, -0.2) is 59.6 Å². The van der Waals surface area contributed by atoms with Crippen molar-refractivity contribution in [2.45, 2.75) is 170 Å². The molecule has 254 valence electrons. The number of hydrogen-bond donors (Lipinski definition) is 0. The molecule has 0 aliphatic rings. The Balaban J connectivity index is 8.55. The average molecular weight is 687 g/mol. The molecule has 0 amide bonds. The van der Waals surface area contributed by atoms with E-state index in [9.17, 15) is 0 Å². The van der Waals surface area contributed by atoms with Crippen LogP contribution in [0, 0.1) is 0 Å². The summed E-state index contributed by atoms with van der Waals surface area (Å²) in [5.74, 6) is 0. The predicted octanol–water partition coefficient (Wildman–Crippen LogP) is 9.81. The normalized spacial score (nSPS) is 14.6. The summed E-state index contributed by atoms with van der Waals surface area (Å²) in [6.07, 6.45) is -6.02.